The molecule has 0 bridgehead atoms. The van der Waals surface area contributed by atoms with Crippen LogP contribution in [0.3, 0.4) is 0 Å². The largest absolute Gasteiger partial charge is 0.456 e. The van der Waals surface area contributed by atoms with Crippen LogP contribution in [0.4, 0.5) is 13.2 Å². The first-order valence-corrected chi connectivity index (χ1v) is 7.42. The minimum absolute atomic E-state index is 0.0302. The summed E-state index contributed by atoms with van der Waals surface area (Å²) in [7, 11) is 0. The van der Waals surface area contributed by atoms with Crippen LogP contribution in [-0.2, 0) is 6.18 Å². The van der Waals surface area contributed by atoms with E-state index in [-0.39, 0.29) is 11.3 Å². The van der Waals surface area contributed by atoms with Crippen molar-refractivity contribution in [1.29, 1.82) is 5.26 Å². The average molecular weight is 468 g/mol. The summed E-state index contributed by atoms with van der Waals surface area (Å²) in [5.41, 5.74) is -1.02. The Kier molecular flexibility index (Phi) is 4.78. The quantitative estimate of drug-likeness (QED) is 0.528. The number of hydrogen-bond donors (Lipinski definition) is 0. The highest BCUT2D eigenvalue weighted by Gasteiger charge is 2.31. The Bertz CT molecular complexity index is 725. The topological polar surface area (TPSA) is 33.0 Å². The molecule has 108 valence electrons. The standard InChI is InChI=1S/C14H6BrF3INO/c15-11-2-1-3-12(13(11)19)21-10-5-8(7-20)4-9(6-10)14(16,17)18/h1-6H. The van der Waals surface area contributed by atoms with E-state index in [2.05, 4.69) is 15.9 Å². The first-order chi connectivity index (χ1) is 9.81. The highest BCUT2D eigenvalue weighted by atomic mass is 127. The number of benzene rings is 2. The van der Waals surface area contributed by atoms with Crippen LogP contribution >= 0.6 is 38.5 Å². The first kappa shape index (κ1) is 16.1. The molecular weight excluding hydrogens is 462 g/mol. The number of ether oxygens (including phenoxy) is 1. The van der Waals surface area contributed by atoms with E-state index in [1.807, 2.05) is 22.6 Å². The molecule has 0 aliphatic carbocycles. The van der Waals surface area contributed by atoms with Crippen molar-refractivity contribution in [3.63, 3.8) is 0 Å². The Labute approximate surface area is 140 Å². The van der Waals surface area contributed by atoms with Crippen LogP contribution in [0.2, 0.25) is 0 Å². The van der Waals surface area contributed by atoms with Crippen molar-refractivity contribution >= 4 is 38.5 Å². The van der Waals surface area contributed by atoms with Gasteiger partial charge < -0.3 is 4.74 Å². The van der Waals surface area contributed by atoms with Crippen molar-refractivity contribution in [3.8, 4) is 17.6 Å². The third kappa shape index (κ3) is 3.89. The van der Waals surface area contributed by atoms with Gasteiger partial charge in [-0.2, -0.15) is 18.4 Å². The molecule has 0 saturated heterocycles. The number of alkyl halides is 3. The zero-order valence-electron chi connectivity index (χ0n) is 10.2. The molecule has 0 atom stereocenters. The summed E-state index contributed by atoms with van der Waals surface area (Å²) < 4.78 is 45.4. The molecule has 0 N–H and O–H groups in total. The summed E-state index contributed by atoms with van der Waals surface area (Å²) in [6.07, 6.45) is -4.53. The van der Waals surface area contributed by atoms with Crippen molar-refractivity contribution in [2.24, 2.45) is 0 Å². The SMILES string of the molecule is N#Cc1cc(Oc2cccc(Br)c2I)cc(C(F)(F)F)c1. The van der Waals surface area contributed by atoms with Crippen LogP contribution in [0.1, 0.15) is 11.1 Å². The molecule has 0 aliphatic rings. The Morgan fingerprint density at radius 3 is 2.52 bits per heavy atom. The van der Waals surface area contributed by atoms with Gasteiger partial charge in [0.1, 0.15) is 11.5 Å². The maximum Gasteiger partial charge on any atom is 0.416 e. The lowest BCUT2D eigenvalue weighted by molar-refractivity contribution is -0.137. The van der Waals surface area contributed by atoms with Crippen molar-refractivity contribution in [2.45, 2.75) is 6.18 Å². The second kappa shape index (κ2) is 6.23. The molecule has 7 heteroatoms. The van der Waals surface area contributed by atoms with Crippen LogP contribution in [0.15, 0.2) is 40.9 Å². The van der Waals surface area contributed by atoms with E-state index in [9.17, 15) is 13.2 Å². The maximum absolute atomic E-state index is 12.8. The zero-order chi connectivity index (χ0) is 15.6. The van der Waals surface area contributed by atoms with Gasteiger partial charge in [0, 0.05) is 4.47 Å². The first-order valence-electron chi connectivity index (χ1n) is 5.55. The van der Waals surface area contributed by atoms with Crippen LogP contribution in [0.25, 0.3) is 0 Å². The van der Waals surface area contributed by atoms with Crippen LogP contribution in [0.5, 0.6) is 11.5 Å². The number of nitriles is 1. The van der Waals surface area contributed by atoms with Gasteiger partial charge in [0.15, 0.2) is 0 Å². The number of nitrogens with zero attached hydrogens (tertiary/aromatic N) is 1. The highest BCUT2D eigenvalue weighted by molar-refractivity contribution is 14.1. The Morgan fingerprint density at radius 2 is 1.90 bits per heavy atom. The molecule has 2 nitrogen and oxygen atoms in total. The normalized spacial score (nSPS) is 11.0. The lowest BCUT2D eigenvalue weighted by Crippen LogP contribution is -2.05. The number of rotatable bonds is 2. The molecule has 21 heavy (non-hydrogen) atoms. The van der Waals surface area contributed by atoms with Gasteiger partial charge in [0.2, 0.25) is 0 Å². The molecule has 0 heterocycles. The molecule has 0 saturated carbocycles. The van der Waals surface area contributed by atoms with E-state index in [0.29, 0.717) is 5.75 Å². The predicted octanol–water partition coefficient (Wildman–Crippen LogP) is 5.74. The minimum Gasteiger partial charge on any atom is -0.456 e. The molecule has 0 spiro atoms. The lowest BCUT2D eigenvalue weighted by Gasteiger charge is -2.12. The summed E-state index contributed by atoms with van der Waals surface area (Å²) in [4.78, 5) is 0. The van der Waals surface area contributed by atoms with Gasteiger partial charge in [0.05, 0.1) is 20.8 Å². The molecule has 0 fully saturated rings. The number of halogens is 5. The van der Waals surface area contributed by atoms with Gasteiger partial charge in [-0.3, -0.25) is 0 Å². The summed E-state index contributed by atoms with van der Waals surface area (Å²) in [5.74, 6) is 0.380. The van der Waals surface area contributed by atoms with Gasteiger partial charge in [-0.1, -0.05) is 6.07 Å². The molecule has 2 rings (SSSR count). The monoisotopic (exact) mass is 467 g/mol. The van der Waals surface area contributed by atoms with Crippen LogP contribution in [-0.4, -0.2) is 0 Å². The average Bonchev–Trinajstić information content (AvgIpc) is 2.42. The molecule has 2 aromatic rings. The Morgan fingerprint density at radius 1 is 1.19 bits per heavy atom. The minimum atomic E-state index is -4.53. The lowest BCUT2D eigenvalue weighted by atomic mass is 10.1. The smallest absolute Gasteiger partial charge is 0.416 e. The molecule has 0 radical (unpaired) electrons. The predicted molar refractivity (Wildman–Crippen MR) is 83.1 cm³/mol. The van der Waals surface area contributed by atoms with Crippen LogP contribution in [0, 0.1) is 14.9 Å². The summed E-state index contributed by atoms with van der Waals surface area (Å²) in [5, 5.41) is 8.84. The Balaban J connectivity index is 2.45. The fourth-order valence-corrected chi connectivity index (χ4v) is 2.39. The summed E-state index contributed by atoms with van der Waals surface area (Å²) >= 11 is 5.33. The third-order valence-corrected chi connectivity index (χ3v) is 5.02. The van der Waals surface area contributed by atoms with Gasteiger partial charge >= 0.3 is 6.18 Å². The second-order valence-electron chi connectivity index (χ2n) is 4.01. The third-order valence-electron chi connectivity index (χ3n) is 2.51. The summed E-state index contributed by atoms with van der Waals surface area (Å²) in [6.45, 7) is 0. The highest BCUT2D eigenvalue weighted by Crippen LogP contribution is 2.36. The second-order valence-corrected chi connectivity index (χ2v) is 5.94. The van der Waals surface area contributed by atoms with E-state index in [0.717, 1.165) is 20.2 Å². The van der Waals surface area contributed by atoms with Crippen LogP contribution < -0.4 is 4.74 Å². The number of hydrogen-bond acceptors (Lipinski definition) is 2. The van der Waals surface area contributed by atoms with E-state index >= 15 is 0 Å². The van der Waals surface area contributed by atoms with Crippen molar-refractivity contribution in [1.82, 2.24) is 0 Å². The molecule has 0 unspecified atom stereocenters. The molecule has 2 aromatic carbocycles. The molecule has 0 aromatic heterocycles. The van der Waals surface area contributed by atoms with E-state index in [1.165, 1.54) is 6.07 Å². The maximum atomic E-state index is 12.8. The van der Waals surface area contributed by atoms with E-state index < -0.39 is 11.7 Å². The van der Waals surface area contributed by atoms with E-state index in [1.54, 1.807) is 24.3 Å². The van der Waals surface area contributed by atoms with Gasteiger partial charge in [-0.05, 0) is 68.9 Å². The molecular formula is C14H6BrF3INO. The van der Waals surface area contributed by atoms with Gasteiger partial charge in [0.25, 0.3) is 0 Å². The van der Waals surface area contributed by atoms with E-state index in [4.69, 9.17) is 10.00 Å². The van der Waals surface area contributed by atoms with Crippen molar-refractivity contribution < 1.29 is 17.9 Å². The fraction of sp³-hybridized carbons (Fsp3) is 0.0714. The zero-order valence-corrected chi connectivity index (χ0v) is 14.0. The molecule has 0 aliphatic heterocycles. The Hall–Kier alpha value is -1.27. The fourth-order valence-electron chi connectivity index (χ4n) is 1.58. The van der Waals surface area contributed by atoms with Crippen molar-refractivity contribution in [3.05, 3.63) is 55.6 Å². The van der Waals surface area contributed by atoms with Crippen molar-refractivity contribution in [2.75, 3.05) is 0 Å². The summed E-state index contributed by atoms with van der Waals surface area (Å²) in [6, 6.07) is 9.77. The van der Waals surface area contributed by atoms with Gasteiger partial charge in [-0.25, -0.2) is 0 Å². The van der Waals surface area contributed by atoms with Gasteiger partial charge in [-0.15, -0.1) is 0 Å². The molecule has 0 amide bonds.